The lowest BCUT2D eigenvalue weighted by Gasteiger charge is -2.35. The van der Waals surface area contributed by atoms with Crippen LogP contribution in [0.3, 0.4) is 0 Å². The van der Waals surface area contributed by atoms with Gasteiger partial charge in [-0.05, 0) is 30.4 Å². The number of β-amino-alcohol motifs (C(OH)–C–C–N with tert-alkyl or cyclic N) is 1. The predicted octanol–water partition coefficient (Wildman–Crippen LogP) is 2.74. The molecule has 0 bridgehead atoms. The van der Waals surface area contributed by atoms with Gasteiger partial charge in [0.2, 0.25) is 17.7 Å². The summed E-state index contributed by atoms with van der Waals surface area (Å²) in [5.74, 6) is -2.06. The smallest absolute Gasteiger partial charge is 0.305 e. The first kappa shape index (κ1) is 43.9. The number of likely N-dealkylation sites (tertiary alicyclic amines) is 1. The maximum Gasteiger partial charge on any atom is 0.305 e. The molecule has 16 heteroatoms. The highest BCUT2D eigenvalue weighted by atomic mass is 32.1. The van der Waals surface area contributed by atoms with E-state index >= 15 is 0 Å². The van der Waals surface area contributed by atoms with E-state index in [2.05, 4.69) is 15.6 Å². The zero-order valence-electron chi connectivity index (χ0n) is 31.5. The van der Waals surface area contributed by atoms with Gasteiger partial charge in [-0.25, -0.2) is 4.98 Å². The first-order valence-electron chi connectivity index (χ1n) is 18.0. The Labute approximate surface area is 315 Å². The van der Waals surface area contributed by atoms with Crippen molar-refractivity contribution < 1.29 is 53.1 Å². The minimum Gasteiger partial charge on any atom is -0.481 e. The third-order valence-corrected chi connectivity index (χ3v) is 9.46. The molecular weight excluding hydrogens is 708 g/mol. The molecule has 296 valence electrons. The lowest BCUT2D eigenvalue weighted by atomic mass is 9.85. The molecule has 1 aromatic carbocycles. The first-order chi connectivity index (χ1) is 25.3. The van der Waals surface area contributed by atoms with Crippen molar-refractivity contribution in [2.24, 2.45) is 5.41 Å². The summed E-state index contributed by atoms with van der Waals surface area (Å²) in [5, 5.41) is 24.9. The summed E-state index contributed by atoms with van der Waals surface area (Å²) < 4.78 is 26.9. The monoisotopic (exact) mass is 764 g/mol. The van der Waals surface area contributed by atoms with E-state index in [1.54, 1.807) is 11.3 Å². The van der Waals surface area contributed by atoms with Crippen LogP contribution in [0.1, 0.15) is 64.3 Å². The fourth-order valence-corrected chi connectivity index (χ4v) is 6.37. The highest BCUT2D eigenvalue weighted by molar-refractivity contribution is 7.13. The van der Waals surface area contributed by atoms with Gasteiger partial charge in [-0.15, -0.1) is 11.3 Å². The van der Waals surface area contributed by atoms with Crippen molar-refractivity contribution in [3.8, 4) is 10.4 Å². The van der Waals surface area contributed by atoms with Crippen LogP contribution in [-0.2, 0) is 42.9 Å². The zero-order chi connectivity index (χ0) is 38.8. The minimum atomic E-state index is -0.929. The number of aliphatic hydroxyl groups excluding tert-OH is 1. The molecule has 15 nitrogen and oxygen atoms in total. The molecule has 0 saturated carbocycles. The van der Waals surface area contributed by atoms with Crippen molar-refractivity contribution in [1.29, 1.82) is 0 Å². The van der Waals surface area contributed by atoms with E-state index in [1.807, 2.05) is 64.4 Å². The molecule has 3 rings (SSSR count). The Morgan fingerprint density at radius 2 is 1.40 bits per heavy atom. The van der Waals surface area contributed by atoms with E-state index in [-0.39, 0.29) is 63.5 Å². The molecule has 1 fully saturated rings. The van der Waals surface area contributed by atoms with Crippen LogP contribution in [-0.4, -0.2) is 135 Å². The number of carboxylic acid groups (broad SMARTS) is 1. The van der Waals surface area contributed by atoms with E-state index < -0.39 is 35.5 Å². The SMILES string of the molecule is Cc1ncsc1-c1ccc(C(C)NC(=O)[C@@H]2C[C@@H](O)CN2C(=O)C(NC(=O)CCOCCOCCOCCOCCOCCC(=O)O)C(C)(C)C)cc1. The molecule has 3 amide bonds. The second kappa shape index (κ2) is 22.6. The number of aliphatic carboxylic acids is 1. The standard InChI is InChI=1S/C37H56N4O11S/c1-25(27-6-8-28(9-7-27)33-26(2)38-24-53-33)39-35(46)30-22-29(42)23-41(30)36(47)34(37(3,4)5)40-31(43)10-12-48-14-16-50-18-20-52-21-19-51-17-15-49-13-11-32(44)45/h6-9,24-25,29-30,34,42H,10-23H2,1-5H3,(H,39,46)(H,40,43)(H,44,45)/t25?,29-,30+,34?/m1/s1. The van der Waals surface area contributed by atoms with Gasteiger partial charge < -0.3 is 49.4 Å². The Balaban J connectivity index is 1.35. The van der Waals surface area contributed by atoms with Gasteiger partial charge in [0, 0.05) is 19.4 Å². The van der Waals surface area contributed by atoms with Crippen molar-refractivity contribution in [2.75, 3.05) is 72.6 Å². The third kappa shape index (κ3) is 15.4. The zero-order valence-corrected chi connectivity index (χ0v) is 32.3. The van der Waals surface area contributed by atoms with Crippen LogP contribution in [0.2, 0.25) is 0 Å². The molecule has 1 aliphatic rings. The van der Waals surface area contributed by atoms with Gasteiger partial charge in [0.25, 0.3) is 0 Å². The number of nitrogens with one attached hydrogen (secondary N) is 2. The number of carbonyl (C=O) groups is 4. The van der Waals surface area contributed by atoms with Crippen molar-refractivity contribution in [1.82, 2.24) is 20.5 Å². The van der Waals surface area contributed by atoms with Crippen molar-refractivity contribution in [2.45, 2.75) is 78.1 Å². The number of hydrogen-bond donors (Lipinski definition) is 4. The second-order valence-corrected chi connectivity index (χ2v) is 14.7. The Morgan fingerprint density at radius 1 is 0.868 bits per heavy atom. The van der Waals surface area contributed by atoms with Crippen LogP contribution in [0.15, 0.2) is 29.8 Å². The quantitative estimate of drug-likeness (QED) is 0.114. The maximum absolute atomic E-state index is 13.9. The number of hydrogen-bond acceptors (Lipinski definition) is 12. The third-order valence-electron chi connectivity index (χ3n) is 8.48. The number of thiazole rings is 1. The molecule has 4 N–H and O–H groups in total. The minimum absolute atomic E-state index is 0.00835. The molecule has 4 atom stereocenters. The molecular formula is C37H56N4O11S. The summed E-state index contributed by atoms with van der Waals surface area (Å²) in [7, 11) is 0. The molecule has 0 aliphatic carbocycles. The highest BCUT2D eigenvalue weighted by Crippen LogP contribution is 2.29. The summed E-state index contributed by atoms with van der Waals surface area (Å²) in [4.78, 5) is 57.5. The number of aliphatic hydroxyl groups is 1. The molecule has 1 aliphatic heterocycles. The van der Waals surface area contributed by atoms with Crippen LogP contribution < -0.4 is 10.6 Å². The number of carboxylic acids is 1. The van der Waals surface area contributed by atoms with Crippen molar-refractivity contribution in [3.63, 3.8) is 0 Å². The van der Waals surface area contributed by atoms with E-state index in [0.29, 0.717) is 46.2 Å². The van der Waals surface area contributed by atoms with Gasteiger partial charge in [0.1, 0.15) is 12.1 Å². The number of aryl methyl sites for hydroxylation is 1. The first-order valence-corrected chi connectivity index (χ1v) is 18.8. The number of carbonyl (C=O) groups excluding carboxylic acids is 3. The number of ether oxygens (including phenoxy) is 5. The number of nitrogens with zero attached hydrogens (tertiary/aromatic N) is 2. The highest BCUT2D eigenvalue weighted by Gasteiger charge is 2.44. The van der Waals surface area contributed by atoms with Gasteiger partial charge in [0.05, 0.1) is 101 Å². The molecule has 0 spiro atoms. The lowest BCUT2D eigenvalue weighted by molar-refractivity contribution is -0.144. The van der Waals surface area contributed by atoms with Crippen molar-refractivity contribution >= 4 is 35.0 Å². The van der Waals surface area contributed by atoms with Gasteiger partial charge >= 0.3 is 5.97 Å². The van der Waals surface area contributed by atoms with Crippen LogP contribution in [0.25, 0.3) is 10.4 Å². The Kier molecular flexibility index (Phi) is 18.8. The van der Waals surface area contributed by atoms with E-state index in [1.165, 1.54) is 4.90 Å². The topological polar surface area (TPSA) is 195 Å². The molecule has 2 heterocycles. The average Bonchev–Trinajstić information content (AvgIpc) is 3.72. The molecule has 1 aromatic heterocycles. The van der Waals surface area contributed by atoms with Gasteiger partial charge in [-0.2, -0.15) is 0 Å². The largest absolute Gasteiger partial charge is 0.481 e. The lowest BCUT2D eigenvalue weighted by Crippen LogP contribution is -2.58. The van der Waals surface area contributed by atoms with Crippen LogP contribution >= 0.6 is 11.3 Å². The van der Waals surface area contributed by atoms with Crippen molar-refractivity contribution in [3.05, 3.63) is 41.0 Å². The van der Waals surface area contributed by atoms with E-state index in [0.717, 1.165) is 21.7 Å². The normalized spacial score (nSPS) is 17.1. The maximum atomic E-state index is 13.9. The van der Waals surface area contributed by atoms with E-state index in [4.69, 9.17) is 28.8 Å². The van der Waals surface area contributed by atoms with Gasteiger partial charge in [-0.1, -0.05) is 45.0 Å². The van der Waals surface area contributed by atoms with Crippen LogP contribution in [0, 0.1) is 12.3 Å². The number of aromatic nitrogens is 1. The predicted molar refractivity (Wildman–Crippen MR) is 197 cm³/mol. The Hall–Kier alpha value is -3.51. The summed E-state index contributed by atoms with van der Waals surface area (Å²) in [5.41, 5.74) is 4.05. The van der Waals surface area contributed by atoms with Crippen LogP contribution in [0.5, 0.6) is 0 Å². The molecule has 0 radical (unpaired) electrons. The van der Waals surface area contributed by atoms with Crippen LogP contribution in [0.4, 0.5) is 0 Å². The summed E-state index contributed by atoms with van der Waals surface area (Å²) in [6.45, 7) is 12.4. The second-order valence-electron chi connectivity index (χ2n) is 13.8. The summed E-state index contributed by atoms with van der Waals surface area (Å²) in [6.07, 6.45) is -0.774. The Morgan fingerprint density at radius 3 is 1.89 bits per heavy atom. The average molecular weight is 765 g/mol. The van der Waals surface area contributed by atoms with Gasteiger partial charge in [0.15, 0.2) is 0 Å². The number of amides is 3. The molecule has 2 aromatic rings. The molecule has 53 heavy (non-hydrogen) atoms. The molecule has 2 unspecified atom stereocenters. The summed E-state index contributed by atoms with van der Waals surface area (Å²) in [6, 6.07) is 5.76. The number of rotatable bonds is 24. The fraction of sp³-hybridized carbons (Fsp3) is 0.649. The Bertz CT molecular complexity index is 1430. The van der Waals surface area contributed by atoms with E-state index in [9.17, 15) is 24.3 Å². The summed E-state index contributed by atoms with van der Waals surface area (Å²) >= 11 is 1.57. The fourth-order valence-electron chi connectivity index (χ4n) is 5.55. The van der Waals surface area contributed by atoms with Gasteiger partial charge in [-0.3, -0.25) is 19.2 Å². The number of benzene rings is 1. The molecule has 1 saturated heterocycles.